The van der Waals surface area contributed by atoms with Gasteiger partial charge in [0.15, 0.2) is 0 Å². The Labute approximate surface area is 129 Å². The van der Waals surface area contributed by atoms with Crippen molar-refractivity contribution in [3.63, 3.8) is 0 Å². The molecule has 5 heteroatoms. The Bertz CT molecular complexity index is 730. The number of aromatic amines is 1. The van der Waals surface area contributed by atoms with Crippen LogP contribution in [0.15, 0.2) is 18.2 Å². The Morgan fingerprint density at radius 3 is 2.86 bits per heavy atom. The van der Waals surface area contributed by atoms with E-state index in [4.69, 9.17) is 4.74 Å². The number of H-pyrrole nitrogens is 1. The minimum atomic E-state index is 0.100. The summed E-state index contributed by atoms with van der Waals surface area (Å²) in [5, 5.41) is 7.42. The zero-order chi connectivity index (χ0) is 15.1. The molecule has 0 bridgehead atoms. The van der Waals surface area contributed by atoms with E-state index < -0.39 is 0 Å². The smallest absolute Gasteiger partial charge is 0.272 e. The molecule has 1 amide bonds. The Hall–Kier alpha value is -2.30. The molecule has 2 aliphatic rings. The Morgan fingerprint density at radius 1 is 1.27 bits per heavy atom. The third-order valence-electron chi connectivity index (χ3n) is 4.69. The largest absolute Gasteiger partial charge is 0.497 e. The monoisotopic (exact) mass is 297 g/mol. The fraction of sp³-hybridized carbons (Fsp3) is 0.412. The second kappa shape index (κ2) is 5.16. The van der Waals surface area contributed by atoms with Gasteiger partial charge >= 0.3 is 0 Å². The van der Waals surface area contributed by atoms with E-state index in [0.717, 1.165) is 61.3 Å². The molecule has 0 radical (unpaired) electrons. The first-order valence-corrected chi connectivity index (χ1v) is 7.81. The number of amides is 1. The van der Waals surface area contributed by atoms with Crippen LogP contribution in [0.1, 0.15) is 34.5 Å². The molecule has 0 spiro atoms. The number of methoxy groups -OCH3 is 1. The predicted molar refractivity (Wildman–Crippen MR) is 83.1 cm³/mol. The SMILES string of the molecule is COc1ccc2c(c1)CCc1c-2n[nH]c1C(=O)N1CCCC1. The summed E-state index contributed by atoms with van der Waals surface area (Å²) >= 11 is 0. The van der Waals surface area contributed by atoms with Crippen molar-refractivity contribution in [2.24, 2.45) is 0 Å². The molecule has 1 aliphatic carbocycles. The standard InChI is InChI=1S/C17H19N3O2/c1-22-12-5-7-13-11(10-12)4-6-14-15(13)18-19-16(14)17(21)20-8-2-3-9-20/h5,7,10H,2-4,6,8-9H2,1H3,(H,18,19). The molecular weight excluding hydrogens is 278 g/mol. The van der Waals surface area contributed by atoms with Crippen molar-refractivity contribution < 1.29 is 9.53 Å². The molecule has 22 heavy (non-hydrogen) atoms. The second-order valence-corrected chi connectivity index (χ2v) is 5.95. The third kappa shape index (κ3) is 2.00. The minimum absolute atomic E-state index is 0.100. The molecule has 1 saturated heterocycles. The number of fused-ring (bicyclic) bond motifs is 3. The topological polar surface area (TPSA) is 58.2 Å². The van der Waals surface area contributed by atoms with Gasteiger partial charge in [-0.3, -0.25) is 9.89 Å². The van der Waals surface area contributed by atoms with Crippen LogP contribution in [0, 0.1) is 0 Å². The molecule has 0 atom stereocenters. The third-order valence-corrected chi connectivity index (χ3v) is 4.69. The lowest BCUT2D eigenvalue weighted by molar-refractivity contribution is 0.0786. The molecule has 2 heterocycles. The van der Waals surface area contributed by atoms with Gasteiger partial charge in [-0.15, -0.1) is 0 Å². The molecule has 0 saturated carbocycles. The maximum atomic E-state index is 12.6. The van der Waals surface area contributed by atoms with E-state index >= 15 is 0 Å². The number of nitrogens with one attached hydrogen (secondary N) is 1. The summed E-state index contributed by atoms with van der Waals surface area (Å²) in [4.78, 5) is 14.6. The van der Waals surface area contributed by atoms with Crippen molar-refractivity contribution in [1.29, 1.82) is 0 Å². The van der Waals surface area contributed by atoms with E-state index in [-0.39, 0.29) is 5.91 Å². The highest BCUT2D eigenvalue weighted by Gasteiger charge is 2.28. The Morgan fingerprint density at radius 2 is 2.09 bits per heavy atom. The summed E-state index contributed by atoms with van der Waals surface area (Å²) in [5.74, 6) is 0.967. The highest BCUT2D eigenvalue weighted by Crippen LogP contribution is 2.35. The zero-order valence-corrected chi connectivity index (χ0v) is 12.7. The molecular formula is C17H19N3O2. The van der Waals surface area contributed by atoms with Gasteiger partial charge in [0, 0.05) is 24.2 Å². The normalized spacial score (nSPS) is 16.3. The summed E-state index contributed by atoms with van der Waals surface area (Å²) in [5.41, 5.74) is 5.01. The van der Waals surface area contributed by atoms with E-state index in [1.54, 1.807) is 7.11 Å². The number of nitrogens with zero attached hydrogens (tertiary/aromatic N) is 2. The average molecular weight is 297 g/mol. The van der Waals surface area contributed by atoms with Crippen molar-refractivity contribution in [3.05, 3.63) is 35.0 Å². The number of carbonyl (C=O) groups is 1. The van der Waals surface area contributed by atoms with Gasteiger partial charge < -0.3 is 9.64 Å². The van der Waals surface area contributed by atoms with Crippen molar-refractivity contribution in [1.82, 2.24) is 15.1 Å². The first kappa shape index (κ1) is 13.4. The molecule has 1 aliphatic heterocycles. The molecule has 1 fully saturated rings. The molecule has 5 nitrogen and oxygen atoms in total. The van der Waals surface area contributed by atoms with Crippen LogP contribution in [-0.4, -0.2) is 41.2 Å². The lowest BCUT2D eigenvalue weighted by Crippen LogP contribution is -2.29. The van der Waals surface area contributed by atoms with Crippen molar-refractivity contribution >= 4 is 5.91 Å². The minimum Gasteiger partial charge on any atom is -0.497 e. The van der Waals surface area contributed by atoms with E-state index in [1.165, 1.54) is 5.56 Å². The summed E-state index contributed by atoms with van der Waals surface area (Å²) in [6.07, 6.45) is 3.97. The van der Waals surface area contributed by atoms with Crippen LogP contribution in [0.5, 0.6) is 5.75 Å². The van der Waals surface area contributed by atoms with Gasteiger partial charge in [0.1, 0.15) is 11.4 Å². The number of likely N-dealkylation sites (tertiary alicyclic amines) is 1. The number of ether oxygens (including phenoxy) is 1. The van der Waals surface area contributed by atoms with Gasteiger partial charge in [-0.05, 0) is 49.4 Å². The maximum absolute atomic E-state index is 12.6. The second-order valence-electron chi connectivity index (χ2n) is 5.95. The fourth-order valence-electron chi connectivity index (χ4n) is 3.48. The maximum Gasteiger partial charge on any atom is 0.272 e. The predicted octanol–water partition coefficient (Wildman–Crippen LogP) is 2.42. The van der Waals surface area contributed by atoms with Gasteiger partial charge in [-0.2, -0.15) is 5.10 Å². The summed E-state index contributed by atoms with van der Waals surface area (Å²) in [6.45, 7) is 1.72. The molecule has 1 aromatic heterocycles. The molecule has 1 aromatic carbocycles. The zero-order valence-electron chi connectivity index (χ0n) is 12.7. The van der Waals surface area contributed by atoms with Crippen molar-refractivity contribution in [2.45, 2.75) is 25.7 Å². The van der Waals surface area contributed by atoms with Crippen LogP contribution in [0.25, 0.3) is 11.3 Å². The van der Waals surface area contributed by atoms with Crippen molar-refractivity contribution in [2.75, 3.05) is 20.2 Å². The van der Waals surface area contributed by atoms with E-state index in [0.29, 0.717) is 5.69 Å². The van der Waals surface area contributed by atoms with Gasteiger partial charge in [0.2, 0.25) is 0 Å². The molecule has 1 N–H and O–H groups in total. The lowest BCUT2D eigenvalue weighted by Gasteiger charge is -2.19. The number of carbonyl (C=O) groups excluding carboxylic acids is 1. The van der Waals surface area contributed by atoms with Crippen LogP contribution in [0.3, 0.4) is 0 Å². The molecule has 2 aromatic rings. The van der Waals surface area contributed by atoms with E-state index in [9.17, 15) is 4.79 Å². The van der Waals surface area contributed by atoms with Gasteiger partial charge in [-0.1, -0.05) is 0 Å². The van der Waals surface area contributed by atoms with Crippen LogP contribution in [0.4, 0.5) is 0 Å². The number of hydrogen-bond donors (Lipinski definition) is 1. The highest BCUT2D eigenvalue weighted by molar-refractivity contribution is 5.96. The first-order valence-electron chi connectivity index (χ1n) is 7.81. The van der Waals surface area contributed by atoms with Crippen LogP contribution < -0.4 is 4.74 Å². The molecule has 114 valence electrons. The molecule has 4 rings (SSSR count). The van der Waals surface area contributed by atoms with Crippen LogP contribution in [-0.2, 0) is 12.8 Å². The van der Waals surface area contributed by atoms with Gasteiger partial charge in [0.05, 0.1) is 12.8 Å². The Kier molecular flexibility index (Phi) is 3.13. The molecule has 0 unspecified atom stereocenters. The summed E-state index contributed by atoms with van der Waals surface area (Å²) < 4.78 is 5.29. The van der Waals surface area contributed by atoms with Crippen LogP contribution in [0.2, 0.25) is 0 Å². The summed E-state index contributed by atoms with van der Waals surface area (Å²) in [6, 6.07) is 6.05. The van der Waals surface area contributed by atoms with Crippen molar-refractivity contribution in [3.8, 4) is 17.0 Å². The van der Waals surface area contributed by atoms with E-state index in [2.05, 4.69) is 16.3 Å². The van der Waals surface area contributed by atoms with Gasteiger partial charge in [-0.25, -0.2) is 0 Å². The highest BCUT2D eigenvalue weighted by atomic mass is 16.5. The lowest BCUT2D eigenvalue weighted by atomic mass is 9.88. The number of rotatable bonds is 2. The van der Waals surface area contributed by atoms with E-state index in [1.807, 2.05) is 17.0 Å². The van der Waals surface area contributed by atoms with Gasteiger partial charge in [0.25, 0.3) is 5.91 Å². The number of benzene rings is 1. The summed E-state index contributed by atoms with van der Waals surface area (Å²) in [7, 11) is 1.68. The first-order chi connectivity index (χ1) is 10.8. The fourth-order valence-corrected chi connectivity index (χ4v) is 3.48. The number of hydrogen-bond acceptors (Lipinski definition) is 3. The average Bonchev–Trinajstić information content (AvgIpc) is 3.23. The number of aryl methyl sites for hydroxylation is 1. The van der Waals surface area contributed by atoms with Crippen LogP contribution >= 0.6 is 0 Å². The number of aromatic nitrogens is 2. The Balaban J connectivity index is 1.72. The quantitative estimate of drug-likeness (QED) is 0.926.